The molecule has 178 valence electrons. The molecular formula is C27H30N2O5. The minimum atomic E-state index is -1.05. The Kier molecular flexibility index (Phi) is 6.02. The fraction of sp³-hybridized carbons (Fsp3) is 0.444. The van der Waals surface area contributed by atoms with E-state index in [2.05, 4.69) is 34.9 Å². The number of carbonyl (C=O) groups excluding carboxylic acids is 2. The second-order valence-corrected chi connectivity index (χ2v) is 9.70. The summed E-state index contributed by atoms with van der Waals surface area (Å²) in [5.41, 5.74) is 3.52. The molecule has 2 saturated carbocycles. The fourth-order valence-electron chi connectivity index (χ4n) is 5.95. The first-order valence-electron chi connectivity index (χ1n) is 12.2. The molecule has 3 N–H and O–H groups in total. The Morgan fingerprint density at radius 3 is 2.15 bits per heavy atom. The van der Waals surface area contributed by atoms with Crippen LogP contribution >= 0.6 is 0 Å². The predicted octanol–water partition coefficient (Wildman–Crippen LogP) is 4.21. The number of benzene rings is 2. The van der Waals surface area contributed by atoms with E-state index in [0.29, 0.717) is 25.7 Å². The topological polar surface area (TPSA) is 105 Å². The van der Waals surface area contributed by atoms with Crippen molar-refractivity contribution in [2.45, 2.75) is 62.4 Å². The summed E-state index contributed by atoms with van der Waals surface area (Å²) in [4.78, 5) is 37.6. The molecule has 0 aromatic heterocycles. The van der Waals surface area contributed by atoms with Gasteiger partial charge in [0.15, 0.2) is 0 Å². The number of rotatable bonds is 6. The van der Waals surface area contributed by atoms with Gasteiger partial charge in [-0.05, 0) is 47.9 Å². The zero-order valence-electron chi connectivity index (χ0n) is 19.1. The van der Waals surface area contributed by atoms with Gasteiger partial charge in [-0.2, -0.15) is 0 Å². The first-order valence-corrected chi connectivity index (χ1v) is 12.2. The highest BCUT2D eigenvalue weighted by Crippen LogP contribution is 2.44. The van der Waals surface area contributed by atoms with E-state index < -0.39 is 29.6 Å². The quantitative estimate of drug-likeness (QED) is 0.597. The van der Waals surface area contributed by atoms with E-state index >= 15 is 0 Å². The van der Waals surface area contributed by atoms with Crippen LogP contribution in [-0.2, 0) is 14.3 Å². The molecule has 0 saturated heterocycles. The minimum Gasteiger partial charge on any atom is -0.481 e. The van der Waals surface area contributed by atoms with Crippen molar-refractivity contribution in [1.82, 2.24) is 10.6 Å². The molecule has 2 amide bonds. The third-order valence-electron chi connectivity index (χ3n) is 7.73. The SMILES string of the molecule is O=C(NC1(C(=O)NC2CCCC2C(=O)O)CCCC1)OCC1c2ccccc2-c2ccccc21. The number of ether oxygens (including phenoxy) is 1. The first-order chi connectivity index (χ1) is 16.5. The summed E-state index contributed by atoms with van der Waals surface area (Å²) in [6.45, 7) is 0.182. The molecule has 0 radical (unpaired) electrons. The van der Waals surface area contributed by atoms with E-state index in [9.17, 15) is 19.5 Å². The lowest BCUT2D eigenvalue weighted by Gasteiger charge is -2.31. The number of alkyl carbamates (subject to hydrolysis) is 1. The van der Waals surface area contributed by atoms with E-state index in [1.54, 1.807) is 0 Å². The van der Waals surface area contributed by atoms with Gasteiger partial charge in [0.1, 0.15) is 12.1 Å². The normalized spacial score (nSPS) is 22.6. The Hall–Kier alpha value is -3.35. The van der Waals surface area contributed by atoms with Crippen LogP contribution in [0.25, 0.3) is 11.1 Å². The van der Waals surface area contributed by atoms with Crippen LogP contribution in [0.15, 0.2) is 48.5 Å². The van der Waals surface area contributed by atoms with Crippen LogP contribution in [0.4, 0.5) is 4.79 Å². The van der Waals surface area contributed by atoms with Gasteiger partial charge in [0.25, 0.3) is 0 Å². The van der Waals surface area contributed by atoms with Crippen LogP contribution in [0, 0.1) is 5.92 Å². The summed E-state index contributed by atoms with van der Waals surface area (Å²) in [5.74, 6) is -1.80. The number of carboxylic acid groups (broad SMARTS) is 1. The lowest BCUT2D eigenvalue weighted by atomic mass is 9.94. The number of hydrogen-bond donors (Lipinski definition) is 3. The van der Waals surface area contributed by atoms with Crippen molar-refractivity contribution in [1.29, 1.82) is 0 Å². The van der Waals surface area contributed by atoms with Crippen molar-refractivity contribution in [3.05, 3.63) is 59.7 Å². The Labute approximate surface area is 198 Å². The molecule has 2 aromatic rings. The van der Waals surface area contributed by atoms with Crippen molar-refractivity contribution in [2.75, 3.05) is 6.61 Å². The molecule has 0 bridgehead atoms. The summed E-state index contributed by atoms with van der Waals surface area (Å²) in [5, 5.41) is 15.2. The zero-order chi connectivity index (χ0) is 23.7. The summed E-state index contributed by atoms with van der Waals surface area (Å²) >= 11 is 0. The van der Waals surface area contributed by atoms with Crippen molar-refractivity contribution < 1.29 is 24.2 Å². The van der Waals surface area contributed by atoms with E-state index in [1.807, 2.05) is 24.3 Å². The number of amides is 2. The second-order valence-electron chi connectivity index (χ2n) is 9.70. The third-order valence-corrected chi connectivity index (χ3v) is 7.73. The maximum Gasteiger partial charge on any atom is 0.408 e. The van der Waals surface area contributed by atoms with Gasteiger partial charge in [-0.15, -0.1) is 0 Å². The number of aliphatic carboxylic acids is 1. The summed E-state index contributed by atoms with van der Waals surface area (Å²) < 4.78 is 5.68. The van der Waals surface area contributed by atoms with Crippen molar-refractivity contribution in [3.63, 3.8) is 0 Å². The standard InChI is InChI=1S/C27H30N2O5/c30-24(31)21-12-7-13-23(21)28-25(32)27(14-5-6-15-27)29-26(33)34-16-22-19-10-3-1-8-17(19)18-9-2-4-11-20(18)22/h1-4,8-11,21-23H,5-7,12-16H2,(H,28,32)(H,29,33)(H,30,31). The molecule has 2 fully saturated rings. The molecule has 7 nitrogen and oxygen atoms in total. The average molecular weight is 463 g/mol. The summed E-state index contributed by atoms with van der Waals surface area (Å²) in [6, 6.07) is 15.9. The highest BCUT2D eigenvalue weighted by Gasteiger charge is 2.45. The zero-order valence-corrected chi connectivity index (χ0v) is 19.1. The highest BCUT2D eigenvalue weighted by atomic mass is 16.5. The molecule has 5 rings (SSSR count). The maximum atomic E-state index is 13.2. The lowest BCUT2D eigenvalue weighted by Crippen LogP contribution is -2.59. The minimum absolute atomic E-state index is 0.0543. The highest BCUT2D eigenvalue weighted by molar-refractivity contribution is 5.91. The van der Waals surface area contributed by atoms with E-state index in [0.717, 1.165) is 41.5 Å². The molecule has 3 aliphatic rings. The fourth-order valence-corrected chi connectivity index (χ4v) is 5.95. The van der Waals surface area contributed by atoms with E-state index in [-0.39, 0.29) is 18.4 Å². The molecule has 2 aromatic carbocycles. The molecule has 0 aliphatic heterocycles. The monoisotopic (exact) mass is 462 g/mol. The molecule has 0 heterocycles. The molecule has 3 aliphatic carbocycles. The Balaban J connectivity index is 1.26. The second kappa shape index (κ2) is 9.12. The van der Waals surface area contributed by atoms with Gasteiger partial charge in [0.2, 0.25) is 5.91 Å². The van der Waals surface area contributed by atoms with Gasteiger partial charge >= 0.3 is 12.1 Å². The van der Waals surface area contributed by atoms with Crippen LogP contribution in [0.1, 0.15) is 62.0 Å². The van der Waals surface area contributed by atoms with Gasteiger partial charge < -0.3 is 20.5 Å². The first kappa shape index (κ1) is 22.4. The van der Waals surface area contributed by atoms with Crippen molar-refractivity contribution in [2.24, 2.45) is 5.92 Å². The van der Waals surface area contributed by atoms with Crippen LogP contribution in [0.2, 0.25) is 0 Å². The van der Waals surface area contributed by atoms with E-state index in [1.165, 1.54) is 0 Å². The number of fused-ring (bicyclic) bond motifs is 3. The lowest BCUT2D eigenvalue weighted by molar-refractivity contribution is -0.142. The van der Waals surface area contributed by atoms with Gasteiger partial charge in [-0.25, -0.2) is 4.79 Å². The number of carboxylic acids is 1. The molecular weight excluding hydrogens is 432 g/mol. The van der Waals surface area contributed by atoms with Crippen molar-refractivity contribution in [3.8, 4) is 11.1 Å². The van der Waals surface area contributed by atoms with Crippen LogP contribution in [0.5, 0.6) is 0 Å². The van der Waals surface area contributed by atoms with Gasteiger partial charge in [0, 0.05) is 12.0 Å². The Morgan fingerprint density at radius 1 is 0.912 bits per heavy atom. The number of hydrogen-bond acceptors (Lipinski definition) is 4. The van der Waals surface area contributed by atoms with Gasteiger partial charge in [0.05, 0.1) is 5.92 Å². The van der Waals surface area contributed by atoms with Gasteiger partial charge in [-0.3, -0.25) is 9.59 Å². The summed E-state index contributed by atoms with van der Waals surface area (Å²) in [7, 11) is 0. The van der Waals surface area contributed by atoms with Crippen LogP contribution in [0.3, 0.4) is 0 Å². The van der Waals surface area contributed by atoms with Crippen LogP contribution < -0.4 is 10.6 Å². The summed E-state index contributed by atoms with van der Waals surface area (Å²) in [6.07, 6.45) is 4.06. The number of carbonyl (C=O) groups is 3. The van der Waals surface area contributed by atoms with Gasteiger partial charge in [-0.1, -0.05) is 67.8 Å². The van der Waals surface area contributed by atoms with Crippen LogP contribution in [-0.4, -0.2) is 41.3 Å². The smallest absolute Gasteiger partial charge is 0.408 e. The molecule has 7 heteroatoms. The largest absolute Gasteiger partial charge is 0.481 e. The van der Waals surface area contributed by atoms with E-state index in [4.69, 9.17) is 4.74 Å². The third kappa shape index (κ3) is 4.04. The Morgan fingerprint density at radius 2 is 1.53 bits per heavy atom. The molecule has 2 atom stereocenters. The number of nitrogens with one attached hydrogen (secondary N) is 2. The average Bonchev–Trinajstić information content (AvgIpc) is 3.56. The molecule has 0 spiro atoms. The molecule has 34 heavy (non-hydrogen) atoms. The molecule has 2 unspecified atom stereocenters. The predicted molar refractivity (Wildman–Crippen MR) is 126 cm³/mol. The maximum absolute atomic E-state index is 13.2. The van der Waals surface area contributed by atoms with Crippen molar-refractivity contribution >= 4 is 18.0 Å². The Bertz CT molecular complexity index is 1060.